The van der Waals surface area contributed by atoms with Crippen molar-refractivity contribution in [1.29, 1.82) is 0 Å². The van der Waals surface area contributed by atoms with Crippen LogP contribution in [0.4, 0.5) is 30.2 Å². The van der Waals surface area contributed by atoms with E-state index < -0.39 is 29.6 Å². The van der Waals surface area contributed by atoms with E-state index in [4.69, 9.17) is 4.74 Å². The maximum absolute atomic E-state index is 13.6. The molecule has 3 N–H and O–H groups in total. The molecule has 0 spiro atoms. The quantitative estimate of drug-likeness (QED) is 0.145. The number of benzene rings is 4. The number of methoxy groups -OCH3 is 1. The molecule has 0 saturated heterocycles. The number of anilines is 3. The molecule has 1 heterocycles. The minimum absolute atomic E-state index is 0.00764. The summed E-state index contributed by atoms with van der Waals surface area (Å²) < 4.78 is 45.5. The fraction of sp³-hybridized carbons (Fsp3) is 0.0667. The highest BCUT2D eigenvalue weighted by molar-refractivity contribution is 6.55. The number of hydrogen-bond donors (Lipinski definition) is 3. The van der Waals surface area contributed by atoms with E-state index in [1.165, 1.54) is 55.6 Å². The highest BCUT2D eigenvalue weighted by Crippen LogP contribution is 2.41. The number of nitrogens with one attached hydrogen (secondary N) is 1. The third kappa shape index (κ3) is 5.12. The Labute approximate surface area is 236 Å². The number of rotatable bonds is 6. The van der Waals surface area contributed by atoms with Crippen LogP contribution in [-0.4, -0.2) is 40.9 Å². The number of phenols is 1. The zero-order valence-corrected chi connectivity index (χ0v) is 21.6. The largest absolute Gasteiger partial charge is 0.505 e. The summed E-state index contributed by atoms with van der Waals surface area (Å²) in [5.74, 6) is -2.94. The second kappa shape index (κ2) is 10.7. The van der Waals surface area contributed by atoms with Crippen molar-refractivity contribution in [2.75, 3.05) is 17.4 Å². The predicted molar refractivity (Wildman–Crippen MR) is 147 cm³/mol. The van der Waals surface area contributed by atoms with Gasteiger partial charge in [-0.1, -0.05) is 30.3 Å². The maximum atomic E-state index is 13.6. The zero-order chi connectivity index (χ0) is 30.2. The Morgan fingerprint density at radius 2 is 1.62 bits per heavy atom. The van der Waals surface area contributed by atoms with E-state index in [1.807, 2.05) is 0 Å². The van der Waals surface area contributed by atoms with Gasteiger partial charge >= 0.3 is 18.1 Å². The molecule has 1 amide bonds. The van der Waals surface area contributed by atoms with Crippen molar-refractivity contribution in [3.63, 3.8) is 0 Å². The summed E-state index contributed by atoms with van der Waals surface area (Å²) in [7, 11) is 1.17. The van der Waals surface area contributed by atoms with Crippen molar-refractivity contribution in [2.24, 2.45) is 5.10 Å². The van der Waals surface area contributed by atoms with Gasteiger partial charge in [0, 0.05) is 11.1 Å². The first-order valence-corrected chi connectivity index (χ1v) is 12.2. The molecule has 0 fully saturated rings. The first-order chi connectivity index (χ1) is 20.0. The second-order valence-corrected chi connectivity index (χ2v) is 9.07. The van der Waals surface area contributed by atoms with Gasteiger partial charge in [0.2, 0.25) is 0 Å². The van der Waals surface area contributed by atoms with E-state index in [-0.39, 0.29) is 50.8 Å². The van der Waals surface area contributed by atoms with Crippen LogP contribution in [0, 0.1) is 0 Å². The number of esters is 1. The molecule has 4 aromatic rings. The second-order valence-electron chi connectivity index (χ2n) is 9.07. The van der Waals surface area contributed by atoms with Crippen molar-refractivity contribution >= 4 is 40.6 Å². The smallest absolute Gasteiger partial charge is 0.416 e. The molecule has 0 radical (unpaired) electrons. The van der Waals surface area contributed by atoms with Crippen LogP contribution in [0.1, 0.15) is 31.8 Å². The van der Waals surface area contributed by atoms with E-state index in [0.29, 0.717) is 5.56 Å². The van der Waals surface area contributed by atoms with Gasteiger partial charge in [0.1, 0.15) is 5.75 Å². The summed E-state index contributed by atoms with van der Waals surface area (Å²) in [6.07, 6.45) is -4.69. The molecule has 1 aliphatic rings. The molecular weight excluding hydrogens is 555 g/mol. The minimum atomic E-state index is -4.69. The van der Waals surface area contributed by atoms with E-state index in [9.17, 15) is 37.8 Å². The van der Waals surface area contributed by atoms with Crippen LogP contribution in [0.2, 0.25) is 0 Å². The molecule has 212 valence electrons. The lowest BCUT2D eigenvalue weighted by Crippen LogP contribution is -2.26. The number of carbonyl (C=O) groups is 3. The number of fused-ring (bicyclic) bond motifs is 1. The summed E-state index contributed by atoms with van der Waals surface area (Å²) in [4.78, 5) is 38.1. The Hall–Kier alpha value is -5.65. The lowest BCUT2D eigenvalue weighted by atomic mass is 10.0. The fourth-order valence-electron chi connectivity index (χ4n) is 4.48. The maximum Gasteiger partial charge on any atom is 0.416 e. The number of hydrogen-bond acceptors (Lipinski definition) is 7. The van der Waals surface area contributed by atoms with Gasteiger partial charge in [0.05, 0.1) is 40.9 Å². The molecule has 0 unspecified atom stereocenters. The molecule has 42 heavy (non-hydrogen) atoms. The highest BCUT2D eigenvalue weighted by Gasteiger charge is 2.39. The normalized spacial score (nSPS) is 13.7. The third-order valence-corrected chi connectivity index (χ3v) is 6.50. The first kappa shape index (κ1) is 27.9. The SMILES string of the molecule is COC(=O)c1cccc(N2C(=O)C(=NNc3cccc(-c4cccc(C(=O)O)c4)c3O)c3ccc(C(F)(F)F)cc32)c1. The Morgan fingerprint density at radius 1 is 0.905 bits per heavy atom. The number of carboxylic acids is 1. The van der Waals surface area contributed by atoms with E-state index in [0.717, 1.165) is 23.1 Å². The van der Waals surface area contributed by atoms with Gasteiger partial charge in [-0.15, -0.1) is 0 Å². The van der Waals surface area contributed by atoms with Crippen LogP contribution in [0.3, 0.4) is 0 Å². The lowest BCUT2D eigenvalue weighted by Gasteiger charge is -2.18. The molecule has 5 rings (SSSR count). The van der Waals surface area contributed by atoms with Crippen LogP contribution >= 0.6 is 0 Å². The molecule has 4 aromatic carbocycles. The van der Waals surface area contributed by atoms with Crippen molar-refractivity contribution in [3.8, 4) is 16.9 Å². The number of carboxylic acid groups (broad SMARTS) is 1. The summed E-state index contributed by atoms with van der Waals surface area (Å²) in [5, 5.41) is 24.4. The number of ether oxygens (including phenoxy) is 1. The van der Waals surface area contributed by atoms with Gasteiger partial charge in [-0.25, -0.2) is 9.59 Å². The number of aromatic carboxylic acids is 1. The number of aromatic hydroxyl groups is 1. The van der Waals surface area contributed by atoms with Gasteiger partial charge in [0.25, 0.3) is 5.91 Å². The molecule has 9 nitrogen and oxygen atoms in total. The average molecular weight is 575 g/mol. The predicted octanol–water partition coefficient (Wildman–Crippen LogP) is 6.06. The number of amides is 1. The highest BCUT2D eigenvalue weighted by atomic mass is 19.4. The zero-order valence-electron chi connectivity index (χ0n) is 21.6. The van der Waals surface area contributed by atoms with Crippen LogP contribution in [-0.2, 0) is 15.7 Å². The summed E-state index contributed by atoms with van der Waals surface area (Å²) in [6.45, 7) is 0. The van der Waals surface area contributed by atoms with E-state index in [2.05, 4.69) is 10.5 Å². The van der Waals surface area contributed by atoms with Gasteiger partial charge < -0.3 is 14.9 Å². The number of hydrazone groups is 1. The van der Waals surface area contributed by atoms with Crippen molar-refractivity contribution < 1.29 is 42.5 Å². The lowest BCUT2D eigenvalue weighted by molar-refractivity contribution is -0.137. The number of nitrogens with zero attached hydrogens (tertiary/aromatic N) is 2. The van der Waals surface area contributed by atoms with Crippen molar-refractivity contribution in [3.05, 3.63) is 107 Å². The Bertz CT molecular complexity index is 1780. The monoisotopic (exact) mass is 575 g/mol. The standard InChI is InChI=1S/C30H20F3N3O6/c1-42-29(41)18-7-3-8-20(14-18)36-24-15-19(30(31,32)33)11-12-22(24)25(27(36)38)35-34-23-10-4-9-21(26(23)37)16-5-2-6-17(13-16)28(39)40/h2-15,34,37H,1H3,(H,39,40). The number of carbonyl (C=O) groups excluding carboxylic acids is 2. The number of para-hydroxylation sites is 1. The van der Waals surface area contributed by atoms with Crippen molar-refractivity contribution in [2.45, 2.75) is 6.18 Å². The van der Waals surface area contributed by atoms with Crippen LogP contribution in [0.25, 0.3) is 11.1 Å². The average Bonchev–Trinajstić information content (AvgIpc) is 3.26. The topological polar surface area (TPSA) is 129 Å². The molecule has 0 bridgehead atoms. The molecule has 12 heteroatoms. The van der Waals surface area contributed by atoms with Gasteiger partial charge in [-0.3, -0.25) is 15.1 Å². The molecule has 0 saturated carbocycles. The third-order valence-electron chi connectivity index (χ3n) is 6.50. The van der Waals surface area contributed by atoms with Gasteiger partial charge in [0.15, 0.2) is 5.71 Å². The summed E-state index contributed by atoms with van der Waals surface area (Å²) >= 11 is 0. The molecule has 0 atom stereocenters. The van der Waals surface area contributed by atoms with E-state index >= 15 is 0 Å². The molecule has 0 aromatic heterocycles. The molecular formula is C30H20F3N3O6. The summed E-state index contributed by atoms with van der Waals surface area (Å²) in [6, 6.07) is 18.9. The minimum Gasteiger partial charge on any atom is -0.505 e. The number of alkyl halides is 3. The van der Waals surface area contributed by atoms with Crippen LogP contribution in [0.5, 0.6) is 5.75 Å². The Balaban J connectivity index is 1.57. The summed E-state index contributed by atoms with van der Waals surface area (Å²) in [5.41, 5.74) is 2.25. The fourth-order valence-corrected chi connectivity index (χ4v) is 4.48. The Morgan fingerprint density at radius 3 is 2.33 bits per heavy atom. The Kier molecular flexibility index (Phi) is 7.13. The first-order valence-electron chi connectivity index (χ1n) is 12.2. The van der Waals surface area contributed by atoms with Crippen molar-refractivity contribution in [1.82, 2.24) is 0 Å². The molecule has 1 aliphatic heterocycles. The molecule has 0 aliphatic carbocycles. The van der Waals surface area contributed by atoms with Gasteiger partial charge in [-0.05, 0) is 60.2 Å². The van der Waals surface area contributed by atoms with E-state index in [1.54, 1.807) is 18.2 Å². The van der Waals surface area contributed by atoms with Crippen LogP contribution < -0.4 is 10.3 Å². The van der Waals surface area contributed by atoms with Crippen LogP contribution in [0.15, 0.2) is 90.0 Å². The number of halogens is 3. The number of phenolic OH excluding ortho intramolecular Hbond substituents is 1. The van der Waals surface area contributed by atoms with Gasteiger partial charge in [-0.2, -0.15) is 18.3 Å².